The van der Waals surface area contributed by atoms with Crippen molar-refractivity contribution in [2.45, 2.75) is 32.3 Å². The molecule has 10 heteroatoms. The standard InChI is InChI=1S/C25H29ClF2N2O5/c1-24(2,3)35-23(32)29-15-25(27,28)16-34-21-9-8-19(14-20(21)26)17-4-6-18(7-5-17)22(31)30-10-12-33-13-11-30/h4-9,14H,10-13,15-16H2,1-3H3,(H,29,32). The molecular weight excluding hydrogens is 482 g/mol. The molecule has 0 radical (unpaired) electrons. The first-order chi connectivity index (χ1) is 16.4. The van der Waals surface area contributed by atoms with Gasteiger partial charge in [-0.1, -0.05) is 29.8 Å². The van der Waals surface area contributed by atoms with Crippen LogP contribution in [0.5, 0.6) is 5.75 Å². The summed E-state index contributed by atoms with van der Waals surface area (Å²) < 4.78 is 43.7. The van der Waals surface area contributed by atoms with Gasteiger partial charge in [0.25, 0.3) is 11.8 Å². The van der Waals surface area contributed by atoms with Crippen LogP contribution >= 0.6 is 11.6 Å². The monoisotopic (exact) mass is 510 g/mol. The molecule has 0 bridgehead atoms. The van der Waals surface area contributed by atoms with E-state index in [0.29, 0.717) is 31.9 Å². The van der Waals surface area contributed by atoms with E-state index in [0.717, 1.165) is 11.1 Å². The van der Waals surface area contributed by atoms with Gasteiger partial charge in [-0.25, -0.2) is 13.6 Å². The molecule has 2 amide bonds. The third-order valence-electron chi connectivity index (χ3n) is 5.02. The lowest BCUT2D eigenvalue weighted by molar-refractivity contribution is -0.0408. The van der Waals surface area contributed by atoms with Crippen LogP contribution in [0.25, 0.3) is 11.1 Å². The van der Waals surface area contributed by atoms with Gasteiger partial charge in [0, 0.05) is 18.7 Å². The molecule has 1 aliphatic rings. The molecule has 0 spiro atoms. The number of morpholine rings is 1. The number of halogens is 3. The minimum absolute atomic E-state index is 0.0521. The average Bonchev–Trinajstić information content (AvgIpc) is 2.81. The van der Waals surface area contributed by atoms with E-state index in [9.17, 15) is 18.4 Å². The molecule has 7 nitrogen and oxygen atoms in total. The van der Waals surface area contributed by atoms with Crippen LogP contribution in [-0.4, -0.2) is 67.9 Å². The van der Waals surface area contributed by atoms with Crippen molar-refractivity contribution < 1.29 is 32.6 Å². The summed E-state index contributed by atoms with van der Waals surface area (Å²) in [6.07, 6.45) is -0.933. The van der Waals surface area contributed by atoms with Crippen molar-refractivity contribution in [1.29, 1.82) is 0 Å². The SMILES string of the molecule is CC(C)(C)OC(=O)NCC(F)(F)COc1ccc(-c2ccc(C(=O)N3CCOCC3)cc2)cc1Cl. The molecule has 2 aromatic rings. The van der Waals surface area contributed by atoms with Crippen molar-refractivity contribution in [3.05, 3.63) is 53.1 Å². The quantitative estimate of drug-likeness (QED) is 0.566. The molecule has 0 aliphatic carbocycles. The normalized spacial score (nSPS) is 14.4. The summed E-state index contributed by atoms with van der Waals surface area (Å²) in [5, 5.41) is 2.20. The first kappa shape index (κ1) is 26.7. The number of nitrogens with one attached hydrogen (secondary N) is 1. The molecule has 1 heterocycles. The summed E-state index contributed by atoms with van der Waals surface area (Å²) >= 11 is 6.26. The number of ether oxygens (including phenoxy) is 3. The molecule has 0 aromatic heterocycles. The number of carbonyl (C=O) groups is 2. The van der Waals surface area contributed by atoms with Crippen molar-refractivity contribution in [3.63, 3.8) is 0 Å². The Kier molecular flexibility index (Phi) is 8.56. The second-order valence-corrected chi connectivity index (χ2v) is 9.53. The van der Waals surface area contributed by atoms with Gasteiger partial charge >= 0.3 is 6.09 Å². The van der Waals surface area contributed by atoms with Gasteiger partial charge in [0.15, 0.2) is 6.61 Å². The van der Waals surface area contributed by atoms with Crippen LogP contribution < -0.4 is 10.1 Å². The number of hydrogen-bond acceptors (Lipinski definition) is 5. The Morgan fingerprint density at radius 2 is 1.69 bits per heavy atom. The second-order valence-electron chi connectivity index (χ2n) is 9.13. The van der Waals surface area contributed by atoms with E-state index in [1.807, 2.05) is 5.32 Å². The molecule has 1 saturated heterocycles. The second kappa shape index (κ2) is 11.2. The highest BCUT2D eigenvalue weighted by atomic mass is 35.5. The molecule has 0 atom stereocenters. The van der Waals surface area contributed by atoms with Crippen LogP contribution in [0.2, 0.25) is 5.02 Å². The van der Waals surface area contributed by atoms with E-state index in [4.69, 9.17) is 25.8 Å². The highest BCUT2D eigenvalue weighted by Crippen LogP contribution is 2.31. The summed E-state index contributed by atoms with van der Waals surface area (Å²) in [4.78, 5) is 25.9. The van der Waals surface area contributed by atoms with Crippen molar-refractivity contribution in [2.24, 2.45) is 0 Å². The highest BCUT2D eigenvalue weighted by molar-refractivity contribution is 6.32. The van der Waals surface area contributed by atoms with Crippen molar-refractivity contribution in [3.8, 4) is 16.9 Å². The summed E-state index contributed by atoms with van der Waals surface area (Å²) in [6, 6.07) is 11.9. The minimum Gasteiger partial charge on any atom is -0.486 e. The van der Waals surface area contributed by atoms with E-state index in [1.165, 1.54) is 6.07 Å². The first-order valence-electron chi connectivity index (χ1n) is 11.2. The fraction of sp³-hybridized carbons (Fsp3) is 0.440. The van der Waals surface area contributed by atoms with Crippen molar-refractivity contribution >= 4 is 23.6 Å². The summed E-state index contributed by atoms with van der Waals surface area (Å²) in [7, 11) is 0. The van der Waals surface area contributed by atoms with E-state index < -0.39 is 30.8 Å². The first-order valence-corrected chi connectivity index (χ1v) is 11.6. The highest BCUT2D eigenvalue weighted by Gasteiger charge is 2.32. The molecule has 2 aromatic carbocycles. The van der Waals surface area contributed by atoms with Gasteiger partial charge in [-0.15, -0.1) is 0 Å². The summed E-state index contributed by atoms with van der Waals surface area (Å²) in [5.41, 5.74) is 1.34. The predicted octanol–water partition coefficient (Wildman–Crippen LogP) is 5.02. The maximum Gasteiger partial charge on any atom is 0.407 e. The van der Waals surface area contributed by atoms with Gasteiger partial charge in [-0.3, -0.25) is 4.79 Å². The number of hydrogen-bond donors (Lipinski definition) is 1. The Morgan fingerprint density at radius 3 is 2.29 bits per heavy atom. The molecule has 0 unspecified atom stereocenters. The van der Waals surface area contributed by atoms with Crippen LogP contribution in [0, 0.1) is 0 Å². The lowest BCUT2D eigenvalue weighted by Gasteiger charge is -2.26. The van der Waals surface area contributed by atoms with Crippen molar-refractivity contribution in [1.82, 2.24) is 10.2 Å². The van der Waals surface area contributed by atoms with Crippen LogP contribution in [0.3, 0.4) is 0 Å². The molecule has 1 aliphatic heterocycles. The van der Waals surface area contributed by atoms with E-state index in [2.05, 4.69) is 0 Å². The van der Waals surface area contributed by atoms with Gasteiger partial charge in [-0.05, 0) is 56.2 Å². The number of amides is 2. The maximum atomic E-state index is 14.1. The van der Waals surface area contributed by atoms with Gasteiger partial charge in [0.1, 0.15) is 11.4 Å². The molecule has 3 rings (SSSR count). The topological polar surface area (TPSA) is 77.1 Å². The number of carbonyl (C=O) groups excluding carboxylic acids is 2. The fourth-order valence-electron chi connectivity index (χ4n) is 3.30. The van der Waals surface area contributed by atoms with Crippen LogP contribution in [0.15, 0.2) is 42.5 Å². The lowest BCUT2D eigenvalue weighted by atomic mass is 10.0. The number of rotatable bonds is 7. The molecular formula is C25H29ClF2N2O5. The lowest BCUT2D eigenvalue weighted by Crippen LogP contribution is -2.42. The van der Waals surface area contributed by atoms with Gasteiger partial charge in [-0.2, -0.15) is 0 Å². The molecule has 35 heavy (non-hydrogen) atoms. The van der Waals surface area contributed by atoms with Gasteiger partial charge < -0.3 is 24.4 Å². The molecule has 1 fully saturated rings. The Balaban J connectivity index is 1.57. The fourth-order valence-corrected chi connectivity index (χ4v) is 3.54. The van der Waals surface area contributed by atoms with Crippen LogP contribution in [-0.2, 0) is 9.47 Å². The van der Waals surface area contributed by atoms with Crippen LogP contribution in [0.1, 0.15) is 31.1 Å². The van der Waals surface area contributed by atoms with Crippen molar-refractivity contribution in [2.75, 3.05) is 39.5 Å². The Bertz CT molecular complexity index is 1040. The summed E-state index contributed by atoms with van der Waals surface area (Å²) in [6.45, 7) is 5.19. The predicted molar refractivity (Wildman–Crippen MR) is 128 cm³/mol. The minimum atomic E-state index is -3.33. The third kappa shape index (κ3) is 8.07. The smallest absolute Gasteiger partial charge is 0.407 e. The van der Waals surface area contributed by atoms with E-state index in [1.54, 1.807) is 62.1 Å². The van der Waals surface area contributed by atoms with Gasteiger partial charge in [0.05, 0.1) is 24.8 Å². The van der Waals surface area contributed by atoms with Gasteiger partial charge in [0.2, 0.25) is 0 Å². The maximum absolute atomic E-state index is 14.1. The Labute approximate surface area is 208 Å². The summed E-state index contributed by atoms with van der Waals surface area (Å²) in [5.74, 6) is -3.29. The zero-order valence-electron chi connectivity index (χ0n) is 19.9. The van der Waals surface area contributed by atoms with E-state index >= 15 is 0 Å². The average molecular weight is 511 g/mol. The number of alkyl carbamates (subject to hydrolysis) is 1. The largest absolute Gasteiger partial charge is 0.486 e. The zero-order valence-corrected chi connectivity index (χ0v) is 20.7. The number of alkyl halides is 2. The number of benzene rings is 2. The van der Waals surface area contributed by atoms with E-state index in [-0.39, 0.29) is 16.7 Å². The molecule has 190 valence electrons. The number of nitrogens with zero attached hydrogens (tertiary/aromatic N) is 1. The van der Waals surface area contributed by atoms with Crippen LogP contribution in [0.4, 0.5) is 13.6 Å². The Morgan fingerprint density at radius 1 is 1.06 bits per heavy atom. The zero-order chi connectivity index (χ0) is 25.6. The molecule has 1 N–H and O–H groups in total. The third-order valence-corrected chi connectivity index (χ3v) is 5.32. The Hall–Kier alpha value is -2.91. The molecule has 0 saturated carbocycles.